The normalized spacial score (nSPS) is 23.1. The zero-order chi connectivity index (χ0) is 16.9. The van der Waals surface area contributed by atoms with Crippen LogP contribution in [0.1, 0.15) is 57.1 Å². The molecular weight excluding hydrogens is 304 g/mol. The first-order chi connectivity index (χ1) is 11.6. The number of carbonyl (C=O) groups excluding carboxylic acids is 2. The summed E-state index contributed by atoms with van der Waals surface area (Å²) in [5, 5.41) is 6.82. The predicted octanol–water partition coefficient (Wildman–Crippen LogP) is 2.33. The summed E-state index contributed by atoms with van der Waals surface area (Å²) in [6.07, 6.45) is 10.0. The molecule has 24 heavy (non-hydrogen) atoms. The van der Waals surface area contributed by atoms with Crippen LogP contribution < -0.4 is 0 Å². The maximum absolute atomic E-state index is 12.8. The summed E-state index contributed by atoms with van der Waals surface area (Å²) in [5.41, 5.74) is 0.929. The molecule has 1 saturated heterocycles. The van der Waals surface area contributed by atoms with Gasteiger partial charge in [-0.2, -0.15) is 5.10 Å². The Kier molecular flexibility index (Phi) is 5.53. The van der Waals surface area contributed by atoms with Crippen molar-refractivity contribution in [3.8, 4) is 0 Å². The van der Waals surface area contributed by atoms with Crippen molar-refractivity contribution in [3.05, 3.63) is 18.0 Å². The number of hydrogen-bond donors (Lipinski definition) is 1. The van der Waals surface area contributed by atoms with Gasteiger partial charge >= 0.3 is 0 Å². The fourth-order valence-electron chi connectivity index (χ4n) is 4.01. The molecule has 1 saturated carbocycles. The van der Waals surface area contributed by atoms with Crippen molar-refractivity contribution in [2.45, 2.75) is 64.0 Å². The van der Waals surface area contributed by atoms with E-state index in [0.717, 1.165) is 18.5 Å². The number of H-pyrrole nitrogens is 1. The van der Waals surface area contributed by atoms with Gasteiger partial charge in [0.2, 0.25) is 11.8 Å². The average Bonchev–Trinajstić information content (AvgIpc) is 2.94. The van der Waals surface area contributed by atoms with E-state index in [1.165, 1.54) is 25.7 Å². The largest absolute Gasteiger partial charge is 0.340 e. The van der Waals surface area contributed by atoms with Gasteiger partial charge in [0.05, 0.1) is 18.2 Å². The van der Waals surface area contributed by atoms with Gasteiger partial charge in [-0.15, -0.1) is 0 Å². The Morgan fingerprint density at radius 1 is 1.29 bits per heavy atom. The number of carbonyl (C=O) groups is 2. The molecule has 1 atom stereocenters. The topological polar surface area (TPSA) is 69.3 Å². The minimum Gasteiger partial charge on any atom is -0.340 e. The molecule has 2 heterocycles. The SMILES string of the molecule is CN(Cc1ccn[nH]1)C(=O)C1CCC(=O)N(C2CCCCCC2)C1. The van der Waals surface area contributed by atoms with E-state index in [1.807, 2.05) is 18.0 Å². The molecule has 3 rings (SSSR count). The molecule has 1 aliphatic carbocycles. The van der Waals surface area contributed by atoms with E-state index in [1.54, 1.807) is 11.1 Å². The Morgan fingerprint density at radius 3 is 2.71 bits per heavy atom. The second-order valence-corrected chi connectivity index (χ2v) is 7.20. The van der Waals surface area contributed by atoms with Gasteiger partial charge in [0.1, 0.15) is 0 Å². The monoisotopic (exact) mass is 332 g/mol. The fourth-order valence-corrected chi connectivity index (χ4v) is 4.01. The molecule has 1 N–H and O–H groups in total. The van der Waals surface area contributed by atoms with Crippen molar-refractivity contribution in [1.29, 1.82) is 0 Å². The Balaban J connectivity index is 1.61. The summed E-state index contributed by atoms with van der Waals surface area (Å²) in [4.78, 5) is 28.9. The third-order valence-corrected chi connectivity index (χ3v) is 5.40. The van der Waals surface area contributed by atoms with E-state index in [2.05, 4.69) is 10.2 Å². The maximum atomic E-state index is 12.8. The van der Waals surface area contributed by atoms with Crippen LogP contribution >= 0.6 is 0 Å². The summed E-state index contributed by atoms with van der Waals surface area (Å²) in [5.74, 6) is 0.303. The van der Waals surface area contributed by atoms with Gasteiger partial charge in [0.15, 0.2) is 0 Å². The minimum absolute atomic E-state index is 0.0705. The smallest absolute Gasteiger partial charge is 0.227 e. The molecule has 6 heteroatoms. The molecular formula is C18H28N4O2. The van der Waals surface area contributed by atoms with Gasteiger partial charge in [-0.3, -0.25) is 14.7 Å². The molecule has 1 aliphatic heterocycles. The number of piperidine rings is 1. The molecule has 2 fully saturated rings. The van der Waals surface area contributed by atoms with Crippen molar-refractivity contribution >= 4 is 11.8 Å². The number of nitrogens with one attached hydrogen (secondary N) is 1. The second-order valence-electron chi connectivity index (χ2n) is 7.20. The lowest BCUT2D eigenvalue weighted by molar-refractivity contribution is -0.144. The predicted molar refractivity (Wildman–Crippen MR) is 91.0 cm³/mol. The van der Waals surface area contributed by atoms with E-state index in [0.29, 0.717) is 32.0 Å². The molecule has 0 radical (unpaired) electrons. The highest BCUT2D eigenvalue weighted by atomic mass is 16.2. The number of amides is 2. The Bertz CT molecular complexity index is 549. The van der Waals surface area contributed by atoms with Crippen LogP contribution in [0.25, 0.3) is 0 Å². The van der Waals surface area contributed by atoms with Crippen molar-refractivity contribution in [3.63, 3.8) is 0 Å². The average molecular weight is 332 g/mol. The van der Waals surface area contributed by atoms with Gasteiger partial charge in [-0.05, 0) is 25.3 Å². The quantitative estimate of drug-likeness (QED) is 0.860. The van der Waals surface area contributed by atoms with Crippen LogP contribution in [0.2, 0.25) is 0 Å². The van der Waals surface area contributed by atoms with Crippen molar-refractivity contribution in [2.24, 2.45) is 5.92 Å². The van der Waals surface area contributed by atoms with Crippen molar-refractivity contribution in [1.82, 2.24) is 20.0 Å². The van der Waals surface area contributed by atoms with Crippen LogP contribution in [0.3, 0.4) is 0 Å². The summed E-state index contributed by atoms with van der Waals surface area (Å²) in [7, 11) is 1.83. The molecule has 0 bridgehead atoms. The first kappa shape index (κ1) is 17.0. The molecule has 0 aromatic carbocycles. The Labute approximate surface area is 143 Å². The molecule has 132 valence electrons. The lowest BCUT2D eigenvalue weighted by atomic mass is 9.93. The van der Waals surface area contributed by atoms with E-state index in [4.69, 9.17) is 0 Å². The summed E-state index contributed by atoms with van der Waals surface area (Å²) >= 11 is 0. The Morgan fingerprint density at radius 2 is 2.04 bits per heavy atom. The van der Waals surface area contributed by atoms with E-state index in [-0.39, 0.29) is 17.7 Å². The van der Waals surface area contributed by atoms with Crippen LogP contribution in [0.4, 0.5) is 0 Å². The molecule has 0 spiro atoms. The molecule has 2 aliphatic rings. The van der Waals surface area contributed by atoms with E-state index < -0.39 is 0 Å². The van der Waals surface area contributed by atoms with Gasteiger partial charge in [0, 0.05) is 32.3 Å². The van der Waals surface area contributed by atoms with Gasteiger partial charge < -0.3 is 9.80 Å². The van der Waals surface area contributed by atoms with E-state index >= 15 is 0 Å². The van der Waals surface area contributed by atoms with Gasteiger partial charge in [-0.1, -0.05) is 25.7 Å². The lowest BCUT2D eigenvalue weighted by Gasteiger charge is -2.38. The first-order valence-corrected chi connectivity index (χ1v) is 9.18. The number of likely N-dealkylation sites (tertiary alicyclic amines) is 1. The van der Waals surface area contributed by atoms with Crippen LogP contribution in [0, 0.1) is 5.92 Å². The number of rotatable bonds is 4. The van der Waals surface area contributed by atoms with Crippen molar-refractivity contribution < 1.29 is 9.59 Å². The van der Waals surface area contributed by atoms with Crippen LogP contribution in [0.5, 0.6) is 0 Å². The zero-order valence-electron chi connectivity index (χ0n) is 14.5. The molecule has 1 aromatic heterocycles. The maximum Gasteiger partial charge on any atom is 0.227 e. The van der Waals surface area contributed by atoms with E-state index in [9.17, 15) is 9.59 Å². The van der Waals surface area contributed by atoms with Crippen molar-refractivity contribution in [2.75, 3.05) is 13.6 Å². The highest BCUT2D eigenvalue weighted by Crippen LogP contribution is 2.28. The van der Waals surface area contributed by atoms with Crippen LogP contribution in [0.15, 0.2) is 12.3 Å². The third kappa shape index (κ3) is 3.97. The highest BCUT2D eigenvalue weighted by Gasteiger charge is 2.35. The molecule has 1 aromatic rings. The molecule has 1 unspecified atom stereocenters. The van der Waals surface area contributed by atoms with Crippen LogP contribution in [-0.2, 0) is 16.1 Å². The second kappa shape index (κ2) is 7.81. The minimum atomic E-state index is -0.0705. The Hall–Kier alpha value is -1.85. The number of aromatic nitrogens is 2. The molecule has 6 nitrogen and oxygen atoms in total. The van der Waals surface area contributed by atoms with Crippen LogP contribution in [-0.4, -0.2) is 51.4 Å². The summed E-state index contributed by atoms with van der Waals surface area (Å²) < 4.78 is 0. The highest BCUT2D eigenvalue weighted by molar-refractivity contribution is 5.84. The number of aromatic amines is 1. The fraction of sp³-hybridized carbons (Fsp3) is 0.722. The van der Waals surface area contributed by atoms with Gasteiger partial charge in [0.25, 0.3) is 0 Å². The van der Waals surface area contributed by atoms with Gasteiger partial charge in [-0.25, -0.2) is 0 Å². The number of nitrogens with zero attached hydrogens (tertiary/aromatic N) is 3. The summed E-state index contributed by atoms with van der Waals surface area (Å²) in [6.45, 7) is 1.13. The third-order valence-electron chi connectivity index (χ3n) is 5.40. The molecule has 2 amide bonds. The zero-order valence-corrected chi connectivity index (χ0v) is 14.5. The summed E-state index contributed by atoms with van der Waals surface area (Å²) in [6, 6.07) is 2.22. The lowest BCUT2D eigenvalue weighted by Crippen LogP contribution is -2.50. The number of hydrogen-bond acceptors (Lipinski definition) is 3. The first-order valence-electron chi connectivity index (χ1n) is 9.18. The standard InChI is InChI=1S/C18H28N4O2/c1-21(13-15-10-11-19-20-15)18(24)14-8-9-17(23)22(12-14)16-6-4-2-3-5-7-16/h10-11,14,16H,2-9,12-13H2,1H3,(H,19,20).